The molecule has 0 aliphatic carbocycles. The lowest BCUT2D eigenvalue weighted by molar-refractivity contribution is 0.707. The van der Waals surface area contributed by atoms with Gasteiger partial charge in [0.1, 0.15) is 0 Å². The van der Waals surface area contributed by atoms with Gasteiger partial charge in [0.15, 0.2) is 0 Å². The Morgan fingerprint density at radius 3 is 2.30 bits per heavy atom. The highest BCUT2D eigenvalue weighted by Crippen LogP contribution is 2.19. The second kappa shape index (κ2) is 4.02. The predicted molar refractivity (Wildman–Crippen MR) is 48.6 cm³/mol. The van der Waals surface area contributed by atoms with Gasteiger partial charge in [0.05, 0.1) is 0 Å². The third kappa shape index (κ3) is 6.15. The Labute approximate surface area is 69.3 Å². The van der Waals surface area contributed by atoms with Gasteiger partial charge in [0.25, 0.3) is 0 Å². The third-order valence-electron chi connectivity index (χ3n) is 1.49. The van der Waals surface area contributed by atoms with E-state index in [4.69, 9.17) is 11.6 Å². The summed E-state index contributed by atoms with van der Waals surface area (Å²) in [5.74, 6) is 0. The minimum atomic E-state index is -0.0730. The van der Waals surface area contributed by atoms with Crippen LogP contribution < -0.4 is 0 Å². The zero-order valence-electron chi connectivity index (χ0n) is 7.37. The first-order valence-electron chi connectivity index (χ1n) is 3.80. The molecule has 1 heteroatoms. The summed E-state index contributed by atoms with van der Waals surface area (Å²) in [7, 11) is 0. The normalized spacial score (nSPS) is 13.9. The summed E-state index contributed by atoms with van der Waals surface area (Å²) in [5.41, 5.74) is 1.42. The third-order valence-corrected chi connectivity index (χ3v) is 1.65. The molecule has 0 aliphatic rings. The molecule has 0 amide bonds. The summed E-state index contributed by atoms with van der Waals surface area (Å²) in [4.78, 5) is -0.0730. The summed E-state index contributed by atoms with van der Waals surface area (Å²) in [6.45, 7) is 8.37. The number of hydrogen-bond donors (Lipinski definition) is 0. The van der Waals surface area contributed by atoms with E-state index in [2.05, 4.69) is 19.9 Å². The first-order valence-corrected chi connectivity index (χ1v) is 4.18. The molecule has 0 spiro atoms. The Bertz CT molecular complexity index is 117. The van der Waals surface area contributed by atoms with Crippen LogP contribution in [-0.4, -0.2) is 4.87 Å². The molecule has 0 aliphatic heterocycles. The van der Waals surface area contributed by atoms with E-state index in [0.717, 1.165) is 12.8 Å². The fourth-order valence-corrected chi connectivity index (χ4v) is 0.638. The lowest BCUT2D eigenvalue weighted by Crippen LogP contribution is -2.07. The van der Waals surface area contributed by atoms with Gasteiger partial charge in [-0.15, -0.1) is 11.6 Å². The van der Waals surface area contributed by atoms with E-state index in [0.29, 0.717) is 0 Å². The highest BCUT2D eigenvalue weighted by atomic mass is 35.5. The van der Waals surface area contributed by atoms with E-state index in [9.17, 15) is 0 Å². The molecular weight excluding hydrogens is 144 g/mol. The van der Waals surface area contributed by atoms with Crippen LogP contribution >= 0.6 is 11.6 Å². The maximum Gasteiger partial charge on any atom is 0.0425 e. The molecule has 0 saturated carbocycles. The molecule has 0 rings (SSSR count). The zero-order chi connectivity index (χ0) is 8.20. The van der Waals surface area contributed by atoms with Gasteiger partial charge in [-0.1, -0.05) is 18.6 Å². The average Bonchev–Trinajstić information content (AvgIpc) is 1.81. The van der Waals surface area contributed by atoms with Gasteiger partial charge < -0.3 is 0 Å². The number of halogens is 1. The Kier molecular flexibility index (Phi) is 4.04. The molecule has 0 saturated heterocycles. The van der Waals surface area contributed by atoms with Crippen LogP contribution in [0.15, 0.2) is 11.6 Å². The minimum absolute atomic E-state index is 0.0730. The van der Waals surface area contributed by atoms with Gasteiger partial charge in [0.2, 0.25) is 0 Å². The van der Waals surface area contributed by atoms with Crippen LogP contribution in [0, 0.1) is 0 Å². The Balaban J connectivity index is 3.73. The standard InChI is InChI=1S/C9H17Cl/c1-5-8(2)6-7-9(3,4)10/h6H,5,7H2,1-4H3. The first-order chi connectivity index (χ1) is 4.45. The second-order valence-electron chi connectivity index (χ2n) is 3.33. The maximum absolute atomic E-state index is 5.99. The quantitative estimate of drug-likeness (QED) is 0.436. The van der Waals surface area contributed by atoms with E-state index >= 15 is 0 Å². The molecule has 0 radical (unpaired) electrons. The van der Waals surface area contributed by atoms with Crippen LogP contribution in [0.25, 0.3) is 0 Å². The van der Waals surface area contributed by atoms with Gasteiger partial charge in [-0.05, 0) is 33.6 Å². The summed E-state index contributed by atoms with van der Waals surface area (Å²) >= 11 is 5.99. The summed E-state index contributed by atoms with van der Waals surface area (Å²) in [5, 5.41) is 0. The monoisotopic (exact) mass is 160 g/mol. The zero-order valence-corrected chi connectivity index (χ0v) is 8.13. The van der Waals surface area contributed by atoms with E-state index in [1.165, 1.54) is 5.57 Å². The van der Waals surface area contributed by atoms with Gasteiger partial charge in [0, 0.05) is 4.87 Å². The van der Waals surface area contributed by atoms with Gasteiger partial charge in [-0.25, -0.2) is 0 Å². The topological polar surface area (TPSA) is 0 Å². The van der Waals surface area contributed by atoms with Crippen LogP contribution in [0.3, 0.4) is 0 Å². The molecule has 0 N–H and O–H groups in total. The van der Waals surface area contributed by atoms with Crippen molar-refractivity contribution in [2.45, 2.75) is 45.4 Å². The van der Waals surface area contributed by atoms with E-state index < -0.39 is 0 Å². The van der Waals surface area contributed by atoms with Crippen LogP contribution in [-0.2, 0) is 0 Å². The fourth-order valence-electron chi connectivity index (χ4n) is 0.561. The molecule has 0 aromatic carbocycles. The van der Waals surface area contributed by atoms with Gasteiger partial charge in [-0.3, -0.25) is 0 Å². The van der Waals surface area contributed by atoms with Gasteiger partial charge in [-0.2, -0.15) is 0 Å². The maximum atomic E-state index is 5.99. The van der Waals surface area contributed by atoms with Crippen molar-refractivity contribution >= 4 is 11.6 Å². The number of alkyl halides is 1. The smallest absolute Gasteiger partial charge is 0.0425 e. The SMILES string of the molecule is CCC(C)=CCC(C)(C)Cl. The van der Waals surface area contributed by atoms with E-state index in [1.807, 2.05) is 13.8 Å². The molecule has 0 aromatic rings. The highest BCUT2D eigenvalue weighted by molar-refractivity contribution is 6.23. The summed E-state index contributed by atoms with van der Waals surface area (Å²) in [6.07, 6.45) is 4.31. The minimum Gasteiger partial charge on any atom is -0.120 e. The van der Waals surface area contributed by atoms with Crippen molar-refractivity contribution in [3.63, 3.8) is 0 Å². The molecule has 0 aromatic heterocycles. The van der Waals surface area contributed by atoms with Crippen molar-refractivity contribution in [2.24, 2.45) is 0 Å². The Hall–Kier alpha value is 0.0300. The van der Waals surface area contributed by atoms with Gasteiger partial charge >= 0.3 is 0 Å². The van der Waals surface area contributed by atoms with E-state index in [1.54, 1.807) is 0 Å². The van der Waals surface area contributed by atoms with Crippen molar-refractivity contribution in [3.8, 4) is 0 Å². The van der Waals surface area contributed by atoms with Crippen molar-refractivity contribution < 1.29 is 0 Å². The van der Waals surface area contributed by atoms with Crippen molar-refractivity contribution in [2.75, 3.05) is 0 Å². The Morgan fingerprint density at radius 1 is 1.50 bits per heavy atom. The van der Waals surface area contributed by atoms with Crippen LogP contribution in [0.1, 0.15) is 40.5 Å². The lowest BCUT2D eigenvalue weighted by atomic mass is 10.1. The highest BCUT2D eigenvalue weighted by Gasteiger charge is 2.09. The van der Waals surface area contributed by atoms with E-state index in [-0.39, 0.29) is 4.87 Å². The Morgan fingerprint density at radius 2 is 2.00 bits per heavy atom. The predicted octanol–water partition coefficient (Wildman–Crippen LogP) is 3.75. The van der Waals surface area contributed by atoms with Crippen LogP contribution in [0.4, 0.5) is 0 Å². The largest absolute Gasteiger partial charge is 0.120 e. The number of rotatable bonds is 3. The summed E-state index contributed by atoms with van der Waals surface area (Å²) in [6, 6.07) is 0. The molecule has 0 bridgehead atoms. The second-order valence-corrected chi connectivity index (χ2v) is 4.35. The lowest BCUT2D eigenvalue weighted by Gasteiger charge is -2.12. The van der Waals surface area contributed by atoms with Crippen LogP contribution in [0.2, 0.25) is 0 Å². The first kappa shape index (κ1) is 10.0. The number of allylic oxidation sites excluding steroid dienone is 2. The number of hydrogen-bond acceptors (Lipinski definition) is 0. The van der Waals surface area contributed by atoms with Crippen molar-refractivity contribution in [3.05, 3.63) is 11.6 Å². The molecule has 0 nitrogen and oxygen atoms in total. The van der Waals surface area contributed by atoms with Crippen molar-refractivity contribution in [1.82, 2.24) is 0 Å². The van der Waals surface area contributed by atoms with Crippen LogP contribution in [0.5, 0.6) is 0 Å². The summed E-state index contributed by atoms with van der Waals surface area (Å²) < 4.78 is 0. The molecule has 10 heavy (non-hydrogen) atoms. The van der Waals surface area contributed by atoms with Crippen molar-refractivity contribution in [1.29, 1.82) is 0 Å². The molecule has 0 unspecified atom stereocenters. The molecule has 0 fully saturated rings. The molecular formula is C9H17Cl. The molecule has 0 atom stereocenters. The average molecular weight is 161 g/mol. The molecule has 0 heterocycles. The fraction of sp³-hybridized carbons (Fsp3) is 0.778. The molecule has 60 valence electrons.